The van der Waals surface area contributed by atoms with Gasteiger partial charge in [-0.2, -0.15) is 0 Å². The summed E-state index contributed by atoms with van der Waals surface area (Å²) < 4.78 is 15.5. The summed E-state index contributed by atoms with van der Waals surface area (Å²) in [7, 11) is 0. The maximum Gasteiger partial charge on any atom is 0.305 e. The van der Waals surface area contributed by atoms with Crippen LogP contribution in [-0.4, -0.2) is 32.1 Å². The van der Waals surface area contributed by atoms with Crippen molar-refractivity contribution >= 4 is 5.97 Å². The van der Waals surface area contributed by atoms with E-state index in [1.807, 2.05) is 6.92 Å². The molecule has 0 aliphatic heterocycles. The number of rotatable bonds is 9. The second-order valence-corrected chi connectivity index (χ2v) is 3.04. The monoisotopic (exact) mass is 217 g/mol. The average Bonchev–Trinajstić information content (AvgIpc) is 2.25. The highest BCUT2D eigenvalue weighted by molar-refractivity contribution is 5.69. The van der Waals surface area contributed by atoms with Crippen molar-refractivity contribution in [3.8, 4) is 0 Å². The fraction of sp³-hybridized carbons (Fsp3) is 0.818. The van der Waals surface area contributed by atoms with Gasteiger partial charge in [-0.05, 0) is 20.3 Å². The molecular formula is C11H21O4. The fourth-order valence-electron chi connectivity index (χ4n) is 0.923. The normalized spacial score (nSPS) is 12.5. The van der Waals surface area contributed by atoms with Crippen molar-refractivity contribution in [1.29, 1.82) is 0 Å². The SMILES string of the molecule is [CH2]CC(=O)OCC(OCC)OCCCC. The minimum atomic E-state index is -0.447. The zero-order valence-electron chi connectivity index (χ0n) is 9.66. The van der Waals surface area contributed by atoms with E-state index in [0.717, 1.165) is 12.8 Å². The van der Waals surface area contributed by atoms with Crippen molar-refractivity contribution in [1.82, 2.24) is 0 Å². The Morgan fingerprint density at radius 2 is 2.07 bits per heavy atom. The van der Waals surface area contributed by atoms with Crippen LogP contribution in [0.4, 0.5) is 0 Å². The van der Waals surface area contributed by atoms with Crippen molar-refractivity contribution < 1.29 is 19.0 Å². The van der Waals surface area contributed by atoms with Crippen molar-refractivity contribution in [2.75, 3.05) is 19.8 Å². The highest BCUT2D eigenvalue weighted by Crippen LogP contribution is 2.00. The molecule has 1 radical (unpaired) electrons. The van der Waals surface area contributed by atoms with E-state index in [1.165, 1.54) is 0 Å². The summed E-state index contributed by atoms with van der Waals surface area (Å²) in [5.41, 5.74) is 0. The summed E-state index contributed by atoms with van der Waals surface area (Å²) in [4.78, 5) is 10.9. The summed E-state index contributed by atoms with van der Waals surface area (Å²) in [5, 5.41) is 0. The first-order chi connectivity index (χ1) is 7.24. The quantitative estimate of drug-likeness (QED) is 0.336. The van der Waals surface area contributed by atoms with Gasteiger partial charge in [0.25, 0.3) is 0 Å². The van der Waals surface area contributed by atoms with Gasteiger partial charge in [-0.25, -0.2) is 0 Å². The van der Waals surface area contributed by atoms with E-state index in [0.29, 0.717) is 13.2 Å². The van der Waals surface area contributed by atoms with Gasteiger partial charge in [0, 0.05) is 19.6 Å². The average molecular weight is 217 g/mol. The molecule has 15 heavy (non-hydrogen) atoms. The van der Waals surface area contributed by atoms with Gasteiger partial charge in [0.05, 0.1) is 0 Å². The maximum absolute atomic E-state index is 10.9. The van der Waals surface area contributed by atoms with Crippen LogP contribution in [0.5, 0.6) is 0 Å². The lowest BCUT2D eigenvalue weighted by atomic mass is 10.4. The highest BCUT2D eigenvalue weighted by Gasteiger charge is 2.10. The molecule has 0 aromatic rings. The smallest absolute Gasteiger partial charge is 0.305 e. The van der Waals surface area contributed by atoms with Gasteiger partial charge < -0.3 is 14.2 Å². The van der Waals surface area contributed by atoms with E-state index in [4.69, 9.17) is 14.2 Å². The Bertz CT molecular complexity index is 159. The molecule has 0 aromatic heterocycles. The molecule has 0 spiro atoms. The first-order valence-electron chi connectivity index (χ1n) is 5.42. The molecule has 0 fully saturated rings. The maximum atomic E-state index is 10.9. The first-order valence-corrected chi connectivity index (χ1v) is 5.42. The molecule has 0 saturated carbocycles. The molecule has 4 heteroatoms. The van der Waals surface area contributed by atoms with Crippen LogP contribution in [0.25, 0.3) is 0 Å². The Morgan fingerprint density at radius 3 is 2.60 bits per heavy atom. The van der Waals surface area contributed by atoms with Gasteiger partial charge >= 0.3 is 5.97 Å². The lowest BCUT2D eigenvalue weighted by Gasteiger charge is -2.17. The summed E-state index contributed by atoms with van der Waals surface area (Å²) in [6.45, 7) is 8.70. The summed E-state index contributed by atoms with van der Waals surface area (Å²) >= 11 is 0. The number of unbranched alkanes of at least 4 members (excludes halogenated alkanes) is 1. The van der Waals surface area contributed by atoms with Crippen LogP contribution in [-0.2, 0) is 19.0 Å². The van der Waals surface area contributed by atoms with E-state index in [1.54, 1.807) is 0 Å². The van der Waals surface area contributed by atoms with E-state index in [2.05, 4.69) is 13.8 Å². The predicted octanol–water partition coefficient (Wildman–Crippen LogP) is 1.93. The van der Waals surface area contributed by atoms with Crippen molar-refractivity contribution in [2.24, 2.45) is 0 Å². The van der Waals surface area contributed by atoms with Crippen LogP contribution in [0.1, 0.15) is 33.1 Å². The Balaban J connectivity index is 3.66. The van der Waals surface area contributed by atoms with Crippen molar-refractivity contribution in [2.45, 2.75) is 39.4 Å². The Morgan fingerprint density at radius 1 is 1.33 bits per heavy atom. The topological polar surface area (TPSA) is 44.8 Å². The number of esters is 1. The molecule has 0 aromatic carbocycles. The molecule has 0 bridgehead atoms. The minimum Gasteiger partial charge on any atom is -0.460 e. The van der Waals surface area contributed by atoms with E-state index < -0.39 is 6.29 Å². The standard InChI is InChI=1S/C11H21O4/c1-4-7-8-14-11(13-6-3)9-15-10(12)5-2/h11H,2,4-9H2,1,3H3. The Hall–Kier alpha value is -0.610. The summed E-state index contributed by atoms with van der Waals surface area (Å²) in [6, 6.07) is 0. The summed E-state index contributed by atoms with van der Waals surface area (Å²) in [5.74, 6) is -0.334. The Labute approximate surface area is 91.9 Å². The number of hydrogen-bond donors (Lipinski definition) is 0. The second-order valence-electron chi connectivity index (χ2n) is 3.04. The van der Waals surface area contributed by atoms with E-state index in [-0.39, 0.29) is 19.0 Å². The predicted molar refractivity (Wildman–Crippen MR) is 57.2 cm³/mol. The highest BCUT2D eigenvalue weighted by atomic mass is 16.7. The van der Waals surface area contributed by atoms with Crippen LogP contribution < -0.4 is 0 Å². The Kier molecular flexibility index (Phi) is 9.52. The molecular weight excluding hydrogens is 196 g/mol. The zero-order valence-corrected chi connectivity index (χ0v) is 9.66. The molecule has 0 N–H and O–H groups in total. The van der Waals surface area contributed by atoms with E-state index in [9.17, 15) is 4.79 Å². The zero-order chi connectivity index (χ0) is 11.5. The van der Waals surface area contributed by atoms with Gasteiger partial charge in [-0.15, -0.1) is 0 Å². The molecule has 1 unspecified atom stereocenters. The lowest BCUT2D eigenvalue weighted by Crippen LogP contribution is -2.25. The number of hydrogen-bond acceptors (Lipinski definition) is 4. The van der Waals surface area contributed by atoms with Crippen molar-refractivity contribution in [3.05, 3.63) is 6.92 Å². The molecule has 4 nitrogen and oxygen atoms in total. The lowest BCUT2D eigenvalue weighted by molar-refractivity contribution is -0.180. The van der Waals surface area contributed by atoms with Crippen LogP contribution in [0, 0.1) is 6.92 Å². The number of carbonyl (C=O) groups excluding carboxylic acids is 1. The minimum absolute atomic E-state index is 0.133. The molecule has 0 aliphatic carbocycles. The number of carbonyl (C=O) groups is 1. The first kappa shape index (κ1) is 14.4. The molecule has 0 amide bonds. The summed E-state index contributed by atoms with van der Waals surface area (Å²) in [6.07, 6.45) is 1.73. The van der Waals surface area contributed by atoms with Gasteiger partial charge in [0.1, 0.15) is 6.61 Å². The largest absolute Gasteiger partial charge is 0.460 e. The third-order valence-corrected chi connectivity index (χ3v) is 1.74. The molecule has 0 aliphatic rings. The van der Waals surface area contributed by atoms with Crippen LogP contribution in [0.2, 0.25) is 0 Å². The van der Waals surface area contributed by atoms with Crippen LogP contribution in [0.3, 0.4) is 0 Å². The third-order valence-electron chi connectivity index (χ3n) is 1.74. The third kappa shape index (κ3) is 8.39. The molecule has 0 rings (SSSR count). The fourth-order valence-corrected chi connectivity index (χ4v) is 0.923. The molecule has 0 heterocycles. The second kappa shape index (κ2) is 9.93. The van der Waals surface area contributed by atoms with Crippen molar-refractivity contribution in [3.63, 3.8) is 0 Å². The van der Waals surface area contributed by atoms with Crippen LogP contribution in [0.15, 0.2) is 0 Å². The molecule has 1 atom stereocenters. The van der Waals surface area contributed by atoms with Gasteiger partial charge in [-0.3, -0.25) is 4.79 Å². The number of ether oxygens (including phenoxy) is 3. The molecule has 89 valence electrons. The van der Waals surface area contributed by atoms with Gasteiger partial charge in [0.2, 0.25) is 0 Å². The van der Waals surface area contributed by atoms with Gasteiger partial charge in [0.15, 0.2) is 6.29 Å². The van der Waals surface area contributed by atoms with Crippen LogP contribution >= 0.6 is 0 Å². The van der Waals surface area contributed by atoms with Gasteiger partial charge in [-0.1, -0.05) is 13.3 Å². The van der Waals surface area contributed by atoms with E-state index >= 15 is 0 Å². The molecule has 0 saturated heterocycles.